The molecule has 19 heavy (non-hydrogen) atoms. The molecule has 4 N–H and O–H groups in total. The van der Waals surface area contributed by atoms with Gasteiger partial charge in [0.05, 0.1) is 6.61 Å². The standard InChI is InChI=1S/C15H31NO2.H3N/c1-3-5-6-7-8-9-10-11-12-13-15(17)16-18-14-4-2;/h3-14H2,1-2H3,(H,16,17);1H3. The van der Waals surface area contributed by atoms with Crippen molar-refractivity contribution in [3.8, 4) is 0 Å². The Bertz CT molecular complexity index is 187. The summed E-state index contributed by atoms with van der Waals surface area (Å²) >= 11 is 0. The normalized spacial score (nSPS) is 10.0. The summed E-state index contributed by atoms with van der Waals surface area (Å²) in [4.78, 5) is 16.3. The summed E-state index contributed by atoms with van der Waals surface area (Å²) in [6.45, 7) is 4.87. The number of hydroxylamine groups is 1. The molecule has 0 saturated heterocycles. The van der Waals surface area contributed by atoms with Crippen molar-refractivity contribution in [3.05, 3.63) is 0 Å². The van der Waals surface area contributed by atoms with Crippen LogP contribution in [0.2, 0.25) is 0 Å². The molecule has 0 aliphatic heterocycles. The molecule has 0 saturated carbocycles. The molecule has 0 aromatic carbocycles. The van der Waals surface area contributed by atoms with E-state index in [0.717, 1.165) is 19.3 Å². The van der Waals surface area contributed by atoms with Gasteiger partial charge >= 0.3 is 0 Å². The van der Waals surface area contributed by atoms with Crippen molar-refractivity contribution in [2.45, 2.75) is 84.5 Å². The number of hydrogen-bond donors (Lipinski definition) is 2. The van der Waals surface area contributed by atoms with Crippen molar-refractivity contribution < 1.29 is 9.63 Å². The molecule has 0 aliphatic carbocycles. The second-order valence-corrected chi connectivity index (χ2v) is 4.95. The minimum Gasteiger partial charge on any atom is -0.344 e. The summed E-state index contributed by atoms with van der Waals surface area (Å²) in [5.41, 5.74) is 2.47. The lowest BCUT2D eigenvalue weighted by Gasteiger charge is -2.04. The summed E-state index contributed by atoms with van der Waals surface area (Å²) in [5.74, 6) is 0.0198. The number of nitrogens with one attached hydrogen (secondary N) is 1. The van der Waals surface area contributed by atoms with Crippen LogP contribution in [-0.4, -0.2) is 12.5 Å². The number of hydrogen-bond acceptors (Lipinski definition) is 3. The average molecular weight is 274 g/mol. The van der Waals surface area contributed by atoms with Crippen LogP contribution in [0.1, 0.15) is 84.5 Å². The minimum atomic E-state index is 0. The molecule has 0 unspecified atom stereocenters. The highest BCUT2D eigenvalue weighted by atomic mass is 16.6. The first-order chi connectivity index (χ1) is 8.81. The summed E-state index contributed by atoms with van der Waals surface area (Å²) in [6.07, 6.45) is 13.0. The van der Waals surface area contributed by atoms with Gasteiger partial charge in [-0.1, -0.05) is 65.2 Å². The molecule has 0 rings (SSSR count). The molecule has 0 radical (unpaired) electrons. The van der Waals surface area contributed by atoms with Gasteiger partial charge in [0.2, 0.25) is 5.91 Å². The van der Waals surface area contributed by atoms with E-state index in [1.54, 1.807) is 0 Å². The molecule has 0 aromatic rings. The molecule has 0 aliphatic rings. The van der Waals surface area contributed by atoms with Crippen molar-refractivity contribution in [2.24, 2.45) is 0 Å². The van der Waals surface area contributed by atoms with Gasteiger partial charge in [-0.2, -0.15) is 0 Å². The van der Waals surface area contributed by atoms with E-state index in [1.165, 1.54) is 44.9 Å². The molecule has 0 fully saturated rings. The molecule has 4 heteroatoms. The summed E-state index contributed by atoms with van der Waals surface area (Å²) in [5, 5.41) is 0. The topological polar surface area (TPSA) is 73.3 Å². The lowest BCUT2D eigenvalue weighted by molar-refractivity contribution is -0.133. The maximum Gasteiger partial charge on any atom is 0.243 e. The Hall–Kier alpha value is -0.610. The Morgan fingerprint density at radius 2 is 1.37 bits per heavy atom. The van der Waals surface area contributed by atoms with Gasteiger partial charge in [0.1, 0.15) is 0 Å². The van der Waals surface area contributed by atoms with Gasteiger partial charge in [0.15, 0.2) is 0 Å². The van der Waals surface area contributed by atoms with Crippen LogP contribution >= 0.6 is 0 Å². The van der Waals surface area contributed by atoms with Gasteiger partial charge in [0, 0.05) is 6.42 Å². The Labute approximate surface area is 119 Å². The van der Waals surface area contributed by atoms with E-state index in [-0.39, 0.29) is 12.1 Å². The number of carbonyl (C=O) groups is 1. The van der Waals surface area contributed by atoms with Crippen LogP contribution in [0.15, 0.2) is 0 Å². The molecule has 4 nitrogen and oxygen atoms in total. The van der Waals surface area contributed by atoms with Crippen molar-refractivity contribution >= 4 is 5.91 Å². The Morgan fingerprint density at radius 1 is 0.842 bits per heavy atom. The molecule has 0 aromatic heterocycles. The predicted octanol–water partition coefficient (Wildman–Crippen LogP) is 4.53. The van der Waals surface area contributed by atoms with Crippen LogP contribution in [-0.2, 0) is 9.63 Å². The van der Waals surface area contributed by atoms with Crippen LogP contribution in [0.5, 0.6) is 0 Å². The molecule has 0 bridgehead atoms. The highest BCUT2D eigenvalue weighted by Crippen LogP contribution is 2.10. The largest absolute Gasteiger partial charge is 0.344 e. The van der Waals surface area contributed by atoms with Crippen LogP contribution in [0.3, 0.4) is 0 Å². The van der Waals surface area contributed by atoms with Crippen LogP contribution in [0.25, 0.3) is 0 Å². The molecule has 0 spiro atoms. The second kappa shape index (κ2) is 17.4. The number of unbranched alkanes of at least 4 members (excludes halogenated alkanes) is 8. The fraction of sp³-hybridized carbons (Fsp3) is 0.933. The Balaban J connectivity index is 0. The van der Waals surface area contributed by atoms with Crippen LogP contribution in [0, 0.1) is 0 Å². The van der Waals surface area contributed by atoms with Gasteiger partial charge in [-0.25, -0.2) is 5.48 Å². The first kappa shape index (κ1) is 20.7. The van der Waals surface area contributed by atoms with Gasteiger partial charge in [-0.05, 0) is 12.8 Å². The molecule has 0 atom stereocenters. The zero-order valence-electron chi connectivity index (χ0n) is 13.0. The average Bonchev–Trinajstić information content (AvgIpc) is 2.37. The second-order valence-electron chi connectivity index (χ2n) is 4.95. The first-order valence-electron chi connectivity index (χ1n) is 7.71. The number of amides is 1. The smallest absolute Gasteiger partial charge is 0.243 e. The minimum absolute atomic E-state index is 0. The Kier molecular flexibility index (Phi) is 18.9. The zero-order valence-corrected chi connectivity index (χ0v) is 13.0. The summed E-state index contributed by atoms with van der Waals surface area (Å²) in [7, 11) is 0. The monoisotopic (exact) mass is 274 g/mol. The molecule has 0 heterocycles. The van der Waals surface area contributed by atoms with E-state index < -0.39 is 0 Å². The molecule has 116 valence electrons. The van der Waals surface area contributed by atoms with E-state index in [1.807, 2.05) is 6.92 Å². The summed E-state index contributed by atoms with van der Waals surface area (Å²) in [6, 6.07) is 0. The SMILES string of the molecule is CCCCCCCCCCCC(=O)NOCCC.N. The lowest BCUT2D eigenvalue weighted by Crippen LogP contribution is -2.23. The van der Waals surface area contributed by atoms with Crippen molar-refractivity contribution in [1.82, 2.24) is 11.6 Å². The van der Waals surface area contributed by atoms with Crippen molar-refractivity contribution in [1.29, 1.82) is 0 Å². The predicted molar refractivity (Wildman–Crippen MR) is 81.3 cm³/mol. The van der Waals surface area contributed by atoms with E-state index in [0.29, 0.717) is 13.0 Å². The number of rotatable bonds is 13. The zero-order chi connectivity index (χ0) is 13.5. The highest BCUT2D eigenvalue weighted by Gasteiger charge is 2.00. The first-order valence-corrected chi connectivity index (χ1v) is 7.71. The molecule has 1 amide bonds. The van der Waals surface area contributed by atoms with Crippen molar-refractivity contribution in [3.63, 3.8) is 0 Å². The third kappa shape index (κ3) is 17.4. The van der Waals surface area contributed by atoms with E-state index in [2.05, 4.69) is 12.4 Å². The molecular weight excluding hydrogens is 240 g/mol. The van der Waals surface area contributed by atoms with Crippen molar-refractivity contribution in [2.75, 3.05) is 6.61 Å². The lowest BCUT2D eigenvalue weighted by atomic mass is 10.1. The third-order valence-corrected chi connectivity index (χ3v) is 3.00. The van der Waals surface area contributed by atoms with E-state index >= 15 is 0 Å². The fourth-order valence-electron chi connectivity index (χ4n) is 1.88. The maximum absolute atomic E-state index is 11.3. The van der Waals surface area contributed by atoms with Gasteiger partial charge in [-0.15, -0.1) is 0 Å². The molecular formula is C15H34N2O2. The maximum atomic E-state index is 11.3. The Morgan fingerprint density at radius 3 is 1.89 bits per heavy atom. The van der Waals surface area contributed by atoms with Crippen LogP contribution in [0.4, 0.5) is 0 Å². The van der Waals surface area contributed by atoms with Crippen LogP contribution < -0.4 is 11.6 Å². The summed E-state index contributed by atoms with van der Waals surface area (Å²) < 4.78 is 0. The van der Waals surface area contributed by atoms with Gasteiger partial charge < -0.3 is 6.15 Å². The highest BCUT2D eigenvalue weighted by molar-refractivity contribution is 5.74. The fourth-order valence-corrected chi connectivity index (χ4v) is 1.88. The third-order valence-electron chi connectivity index (χ3n) is 3.00. The number of carbonyl (C=O) groups excluding carboxylic acids is 1. The van der Waals surface area contributed by atoms with E-state index in [9.17, 15) is 4.79 Å². The van der Waals surface area contributed by atoms with Gasteiger partial charge in [0.25, 0.3) is 0 Å². The van der Waals surface area contributed by atoms with E-state index in [4.69, 9.17) is 4.84 Å². The van der Waals surface area contributed by atoms with Gasteiger partial charge in [-0.3, -0.25) is 9.63 Å². The quantitative estimate of drug-likeness (QED) is 0.383.